The number of hydrogen-bond acceptors (Lipinski definition) is 2. The van der Waals surface area contributed by atoms with Crippen molar-refractivity contribution in [3.8, 4) is 0 Å². The van der Waals surface area contributed by atoms with E-state index in [-0.39, 0.29) is 16.7 Å². The highest BCUT2D eigenvalue weighted by Crippen LogP contribution is 2.31. The number of nitrogens with zero attached hydrogens (tertiary/aromatic N) is 1. The Bertz CT molecular complexity index is 568. The number of alkyl halides is 3. The van der Waals surface area contributed by atoms with Gasteiger partial charge in [-0.3, -0.25) is 4.79 Å². The molecule has 1 aliphatic heterocycles. The Balaban J connectivity index is 2.39. The van der Waals surface area contributed by atoms with Crippen LogP contribution < -0.4 is 0 Å². The van der Waals surface area contributed by atoms with Gasteiger partial charge in [0, 0.05) is 18.7 Å². The number of benzene rings is 1. The van der Waals surface area contributed by atoms with Crippen molar-refractivity contribution in [2.24, 2.45) is 0 Å². The summed E-state index contributed by atoms with van der Waals surface area (Å²) in [5, 5.41) is 8.88. The van der Waals surface area contributed by atoms with Gasteiger partial charge in [0.1, 0.15) is 5.82 Å². The molecule has 0 unspecified atom stereocenters. The Morgan fingerprint density at radius 2 is 1.74 bits per heavy atom. The van der Waals surface area contributed by atoms with Gasteiger partial charge < -0.3 is 10.0 Å². The van der Waals surface area contributed by atoms with E-state index < -0.39 is 37.0 Å². The lowest BCUT2D eigenvalue weighted by Crippen LogP contribution is -2.37. The molecule has 1 amide bonds. The van der Waals surface area contributed by atoms with Crippen LogP contribution in [0.1, 0.15) is 21.5 Å². The van der Waals surface area contributed by atoms with Crippen LogP contribution in [-0.4, -0.2) is 28.1 Å². The van der Waals surface area contributed by atoms with E-state index in [1.165, 1.54) is 0 Å². The number of carbonyl (C=O) groups is 2. The zero-order valence-corrected chi connectivity index (χ0v) is 9.29. The zero-order chi connectivity index (χ0) is 14.4. The number of carboxylic acids is 1. The van der Waals surface area contributed by atoms with Gasteiger partial charge in [-0.1, -0.05) is 0 Å². The molecule has 8 heteroatoms. The van der Waals surface area contributed by atoms with Gasteiger partial charge in [0.25, 0.3) is 0 Å². The smallest absolute Gasteiger partial charge is 0.471 e. The summed E-state index contributed by atoms with van der Waals surface area (Å²) in [7, 11) is 0. The van der Waals surface area contributed by atoms with E-state index in [1.54, 1.807) is 0 Å². The SMILES string of the molecule is O=C(O)c1ccc(F)c2c1CN(C(=O)C(F)(F)F)C2. The molecule has 2 rings (SSSR count). The molecular formula is C11H7F4NO3. The van der Waals surface area contributed by atoms with Crippen molar-refractivity contribution in [3.05, 3.63) is 34.6 Å². The van der Waals surface area contributed by atoms with E-state index in [0.29, 0.717) is 4.90 Å². The molecule has 0 atom stereocenters. The van der Waals surface area contributed by atoms with Crippen molar-refractivity contribution < 1.29 is 32.3 Å². The average Bonchev–Trinajstić information content (AvgIpc) is 2.72. The molecule has 0 radical (unpaired) electrons. The minimum Gasteiger partial charge on any atom is -0.478 e. The molecule has 0 aliphatic carbocycles. The number of rotatable bonds is 1. The number of carbonyl (C=O) groups excluding carboxylic acids is 1. The number of fused-ring (bicyclic) bond motifs is 1. The first-order valence-corrected chi connectivity index (χ1v) is 5.11. The monoisotopic (exact) mass is 277 g/mol. The maximum Gasteiger partial charge on any atom is 0.471 e. The largest absolute Gasteiger partial charge is 0.478 e. The summed E-state index contributed by atoms with van der Waals surface area (Å²) < 4.78 is 50.3. The first-order chi connectivity index (χ1) is 8.71. The van der Waals surface area contributed by atoms with Gasteiger partial charge in [-0.25, -0.2) is 9.18 Å². The fourth-order valence-corrected chi connectivity index (χ4v) is 1.98. The van der Waals surface area contributed by atoms with Crippen molar-refractivity contribution >= 4 is 11.9 Å². The van der Waals surface area contributed by atoms with E-state index >= 15 is 0 Å². The third-order valence-electron chi connectivity index (χ3n) is 2.83. The molecule has 1 aromatic carbocycles. The number of hydrogen-bond donors (Lipinski definition) is 1. The van der Waals surface area contributed by atoms with E-state index in [2.05, 4.69) is 0 Å². The van der Waals surface area contributed by atoms with Gasteiger partial charge in [-0.05, 0) is 17.7 Å². The molecule has 1 aliphatic rings. The summed E-state index contributed by atoms with van der Waals surface area (Å²) in [6.45, 7) is -1.15. The normalized spacial score (nSPS) is 14.4. The highest BCUT2D eigenvalue weighted by molar-refractivity contribution is 5.91. The number of halogens is 4. The van der Waals surface area contributed by atoms with Gasteiger partial charge in [-0.15, -0.1) is 0 Å². The molecule has 4 nitrogen and oxygen atoms in total. The fourth-order valence-electron chi connectivity index (χ4n) is 1.98. The molecule has 0 saturated heterocycles. The third kappa shape index (κ3) is 2.25. The highest BCUT2D eigenvalue weighted by atomic mass is 19.4. The van der Waals surface area contributed by atoms with Gasteiger partial charge in [0.2, 0.25) is 0 Å². The first kappa shape index (κ1) is 13.3. The minimum atomic E-state index is -5.07. The molecule has 0 spiro atoms. The number of aromatic carboxylic acids is 1. The molecule has 0 aromatic heterocycles. The lowest BCUT2D eigenvalue weighted by molar-refractivity contribution is -0.186. The van der Waals surface area contributed by atoms with Gasteiger partial charge >= 0.3 is 18.1 Å². The quantitative estimate of drug-likeness (QED) is 0.798. The third-order valence-corrected chi connectivity index (χ3v) is 2.83. The van der Waals surface area contributed by atoms with Crippen molar-refractivity contribution in [1.29, 1.82) is 0 Å². The van der Waals surface area contributed by atoms with E-state index in [4.69, 9.17) is 5.11 Å². The molecule has 1 aromatic rings. The van der Waals surface area contributed by atoms with Gasteiger partial charge in [0.15, 0.2) is 0 Å². The van der Waals surface area contributed by atoms with Crippen LogP contribution in [0.3, 0.4) is 0 Å². The van der Waals surface area contributed by atoms with E-state index in [9.17, 15) is 27.2 Å². The second-order valence-corrected chi connectivity index (χ2v) is 4.02. The van der Waals surface area contributed by atoms with Crippen LogP contribution in [0, 0.1) is 5.82 Å². The van der Waals surface area contributed by atoms with Crippen molar-refractivity contribution in [1.82, 2.24) is 4.90 Å². The van der Waals surface area contributed by atoms with Gasteiger partial charge in [-0.2, -0.15) is 13.2 Å². The Morgan fingerprint density at radius 1 is 1.16 bits per heavy atom. The van der Waals surface area contributed by atoms with Crippen molar-refractivity contribution in [2.45, 2.75) is 19.3 Å². The van der Waals surface area contributed by atoms with Crippen LogP contribution in [0.15, 0.2) is 12.1 Å². The minimum absolute atomic E-state index is 0.0925. The van der Waals surface area contributed by atoms with Crippen molar-refractivity contribution in [2.75, 3.05) is 0 Å². The molecular weight excluding hydrogens is 270 g/mol. The Labute approximate surface area is 104 Å². The zero-order valence-electron chi connectivity index (χ0n) is 9.29. The highest BCUT2D eigenvalue weighted by Gasteiger charge is 2.45. The summed E-state index contributed by atoms with van der Waals surface area (Å²) in [6, 6.07) is 1.84. The van der Waals surface area contributed by atoms with Crippen LogP contribution in [-0.2, 0) is 17.9 Å². The Morgan fingerprint density at radius 3 is 2.26 bits per heavy atom. The van der Waals surface area contributed by atoms with E-state index in [0.717, 1.165) is 12.1 Å². The molecule has 1 N–H and O–H groups in total. The van der Waals surface area contributed by atoms with E-state index in [1.807, 2.05) is 0 Å². The predicted molar refractivity (Wildman–Crippen MR) is 53.7 cm³/mol. The summed E-state index contributed by atoms with van der Waals surface area (Å²) in [4.78, 5) is 22.3. The number of carboxylic acid groups (broad SMARTS) is 1. The lowest BCUT2D eigenvalue weighted by atomic mass is 10.0. The van der Waals surface area contributed by atoms with Crippen molar-refractivity contribution in [3.63, 3.8) is 0 Å². The van der Waals surface area contributed by atoms with Crippen LogP contribution in [0.2, 0.25) is 0 Å². The summed E-state index contributed by atoms with van der Waals surface area (Å²) in [5.41, 5.74) is -0.573. The Hall–Kier alpha value is -2.12. The topological polar surface area (TPSA) is 57.6 Å². The van der Waals surface area contributed by atoms with Crippen LogP contribution in [0.25, 0.3) is 0 Å². The molecule has 0 fully saturated rings. The van der Waals surface area contributed by atoms with Gasteiger partial charge in [0.05, 0.1) is 5.56 Å². The summed E-state index contributed by atoms with van der Waals surface area (Å²) >= 11 is 0. The second kappa shape index (κ2) is 4.22. The molecule has 1 heterocycles. The van der Waals surface area contributed by atoms with Crippen LogP contribution in [0.5, 0.6) is 0 Å². The molecule has 0 bridgehead atoms. The van der Waals surface area contributed by atoms with Crippen LogP contribution >= 0.6 is 0 Å². The maximum atomic E-state index is 13.5. The van der Waals surface area contributed by atoms with Crippen LogP contribution in [0.4, 0.5) is 17.6 Å². The molecule has 0 saturated carbocycles. The number of amides is 1. The maximum absolute atomic E-state index is 13.5. The summed E-state index contributed by atoms with van der Waals surface area (Å²) in [6.07, 6.45) is -5.07. The molecule has 19 heavy (non-hydrogen) atoms. The first-order valence-electron chi connectivity index (χ1n) is 5.11. The summed E-state index contributed by atoms with van der Waals surface area (Å²) in [5.74, 6) is -4.31. The fraction of sp³-hybridized carbons (Fsp3) is 0.273. The predicted octanol–water partition coefficient (Wildman–Crippen LogP) is 1.93. The lowest BCUT2D eigenvalue weighted by Gasteiger charge is -2.16. The molecule has 102 valence electrons. The standard InChI is InChI=1S/C11H7F4NO3/c12-8-2-1-5(9(17)18)6-3-16(4-7(6)8)10(19)11(13,14)15/h1-2H,3-4H2,(H,17,18). The average molecular weight is 277 g/mol. The Kier molecular flexibility index (Phi) is 2.95. The second-order valence-electron chi connectivity index (χ2n) is 4.02.